The molecule has 0 spiro atoms. The highest BCUT2D eigenvalue weighted by atomic mass is 19.1. The Hall–Kier alpha value is -2.43. The lowest BCUT2D eigenvalue weighted by Gasteiger charge is -2.09. The van der Waals surface area contributed by atoms with Crippen LogP contribution >= 0.6 is 0 Å². The molecule has 0 saturated carbocycles. The third-order valence-corrected chi connectivity index (χ3v) is 2.99. The van der Waals surface area contributed by atoms with Crippen LogP contribution in [0.1, 0.15) is 29.4 Å². The molecule has 0 atom stereocenters. The Labute approximate surface area is 123 Å². The molecule has 0 aliphatic carbocycles. The highest BCUT2D eigenvalue weighted by Gasteiger charge is 2.10. The molecule has 2 N–H and O–H groups in total. The standard InChI is InChI=1S/C16H18FN3O/c1-3-5-13-8-11(9-15(18-2)19-13)16(21)20-14-7-4-6-12(17)10-14/h4,6-10H,3,5H2,1-2H3,(H,18,19)(H,20,21). The fourth-order valence-electron chi connectivity index (χ4n) is 2.00. The second kappa shape index (κ2) is 6.83. The highest BCUT2D eigenvalue weighted by Crippen LogP contribution is 2.15. The Kier molecular flexibility index (Phi) is 4.87. The van der Waals surface area contributed by atoms with Crippen LogP contribution in [-0.2, 0) is 6.42 Å². The Morgan fingerprint density at radius 2 is 2.10 bits per heavy atom. The molecule has 2 aromatic rings. The SMILES string of the molecule is CCCc1cc(C(=O)Nc2cccc(F)c2)cc(NC)n1. The average molecular weight is 287 g/mol. The number of amides is 1. The number of aryl methyl sites for hydroxylation is 1. The van der Waals surface area contributed by atoms with E-state index in [9.17, 15) is 9.18 Å². The van der Waals surface area contributed by atoms with Crippen molar-refractivity contribution in [3.8, 4) is 0 Å². The van der Waals surface area contributed by atoms with E-state index >= 15 is 0 Å². The number of nitrogens with one attached hydrogen (secondary N) is 2. The molecule has 1 aromatic heterocycles. The van der Waals surface area contributed by atoms with Gasteiger partial charge in [-0.1, -0.05) is 19.4 Å². The van der Waals surface area contributed by atoms with Gasteiger partial charge in [0.2, 0.25) is 0 Å². The van der Waals surface area contributed by atoms with Crippen molar-refractivity contribution >= 4 is 17.4 Å². The number of benzene rings is 1. The monoisotopic (exact) mass is 287 g/mol. The maximum absolute atomic E-state index is 13.1. The summed E-state index contributed by atoms with van der Waals surface area (Å²) in [5.41, 5.74) is 1.79. The zero-order chi connectivity index (χ0) is 15.2. The van der Waals surface area contributed by atoms with Crippen LogP contribution in [-0.4, -0.2) is 17.9 Å². The number of aromatic nitrogens is 1. The van der Waals surface area contributed by atoms with E-state index in [0.29, 0.717) is 17.1 Å². The van der Waals surface area contributed by atoms with Crippen molar-refractivity contribution in [2.75, 3.05) is 17.7 Å². The van der Waals surface area contributed by atoms with E-state index in [4.69, 9.17) is 0 Å². The first-order valence-corrected chi connectivity index (χ1v) is 6.88. The van der Waals surface area contributed by atoms with Crippen LogP contribution in [0, 0.1) is 5.82 Å². The van der Waals surface area contributed by atoms with Crippen molar-refractivity contribution in [2.45, 2.75) is 19.8 Å². The first-order chi connectivity index (χ1) is 10.1. The summed E-state index contributed by atoms with van der Waals surface area (Å²) in [4.78, 5) is 16.7. The number of hydrogen-bond donors (Lipinski definition) is 2. The number of hydrogen-bond acceptors (Lipinski definition) is 3. The van der Waals surface area contributed by atoms with Crippen molar-refractivity contribution < 1.29 is 9.18 Å². The van der Waals surface area contributed by atoms with Gasteiger partial charge in [0.25, 0.3) is 5.91 Å². The fraction of sp³-hybridized carbons (Fsp3) is 0.250. The van der Waals surface area contributed by atoms with Gasteiger partial charge in [-0.3, -0.25) is 4.79 Å². The molecular weight excluding hydrogens is 269 g/mol. The number of pyridine rings is 1. The summed E-state index contributed by atoms with van der Waals surface area (Å²) in [6, 6.07) is 9.26. The van der Waals surface area contributed by atoms with Gasteiger partial charge >= 0.3 is 0 Å². The van der Waals surface area contributed by atoms with Gasteiger partial charge in [0.1, 0.15) is 11.6 Å². The van der Waals surface area contributed by atoms with Crippen LogP contribution in [0.2, 0.25) is 0 Å². The van der Waals surface area contributed by atoms with Gasteiger partial charge in [-0.25, -0.2) is 9.37 Å². The second-order valence-corrected chi connectivity index (χ2v) is 4.70. The predicted octanol–water partition coefficient (Wildman–Crippen LogP) is 3.47. The van der Waals surface area contributed by atoms with Crippen molar-refractivity contribution in [1.29, 1.82) is 0 Å². The molecule has 0 radical (unpaired) electrons. The summed E-state index contributed by atoms with van der Waals surface area (Å²) in [7, 11) is 1.76. The smallest absolute Gasteiger partial charge is 0.255 e. The molecule has 5 heteroatoms. The van der Waals surface area contributed by atoms with E-state index < -0.39 is 0 Å². The molecule has 0 bridgehead atoms. The maximum Gasteiger partial charge on any atom is 0.255 e. The topological polar surface area (TPSA) is 54.0 Å². The fourth-order valence-corrected chi connectivity index (χ4v) is 2.00. The molecule has 21 heavy (non-hydrogen) atoms. The lowest BCUT2D eigenvalue weighted by atomic mass is 10.1. The summed E-state index contributed by atoms with van der Waals surface area (Å²) in [6.45, 7) is 2.06. The third-order valence-electron chi connectivity index (χ3n) is 2.99. The summed E-state index contributed by atoms with van der Waals surface area (Å²) < 4.78 is 13.1. The van der Waals surface area contributed by atoms with Gasteiger partial charge in [-0.15, -0.1) is 0 Å². The number of carbonyl (C=O) groups is 1. The minimum Gasteiger partial charge on any atom is -0.373 e. The third kappa shape index (κ3) is 4.02. The van der Waals surface area contributed by atoms with Crippen molar-refractivity contribution in [3.63, 3.8) is 0 Å². The minimum absolute atomic E-state index is 0.281. The Morgan fingerprint density at radius 1 is 1.29 bits per heavy atom. The number of nitrogens with zero attached hydrogens (tertiary/aromatic N) is 1. The molecule has 0 fully saturated rings. The number of anilines is 2. The minimum atomic E-state index is -0.384. The molecule has 0 aliphatic rings. The van der Waals surface area contributed by atoms with Gasteiger partial charge in [0.15, 0.2) is 0 Å². The number of halogens is 1. The molecule has 1 aromatic carbocycles. The maximum atomic E-state index is 13.1. The molecule has 0 unspecified atom stereocenters. The second-order valence-electron chi connectivity index (χ2n) is 4.70. The summed E-state index contributed by atoms with van der Waals surface area (Å²) in [5, 5.41) is 5.63. The number of rotatable bonds is 5. The van der Waals surface area contributed by atoms with E-state index in [2.05, 4.69) is 22.5 Å². The Morgan fingerprint density at radius 3 is 2.76 bits per heavy atom. The van der Waals surface area contributed by atoms with Crippen LogP contribution in [0.4, 0.5) is 15.9 Å². The van der Waals surface area contributed by atoms with Gasteiger partial charge in [-0.05, 0) is 36.8 Å². The van der Waals surface area contributed by atoms with Gasteiger partial charge in [0.05, 0.1) is 0 Å². The van der Waals surface area contributed by atoms with Gasteiger partial charge in [0, 0.05) is 24.0 Å². The molecule has 1 heterocycles. The van der Waals surface area contributed by atoms with E-state index in [0.717, 1.165) is 18.5 Å². The lowest BCUT2D eigenvalue weighted by molar-refractivity contribution is 0.102. The molecule has 4 nitrogen and oxygen atoms in total. The first kappa shape index (κ1) is 15.0. The van der Waals surface area contributed by atoms with Crippen LogP contribution < -0.4 is 10.6 Å². The van der Waals surface area contributed by atoms with E-state index in [1.54, 1.807) is 31.3 Å². The molecule has 2 rings (SSSR count). The quantitative estimate of drug-likeness (QED) is 0.885. The lowest BCUT2D eigenvalue weighted by Crippen LogP contribution is -2.13. The Bertz CT molecular complexity index is 643. The van der Waals surface area contributed by atoms with E-state index in [1.807, 2.05) is 0 Å². The molecule has 1 amide bonds. The van der Waals surface area contributed by atoms with Crippen LogP contribution in [0.15, 0.2) is 36.4 Å². The van der Waals surface area contributed by atoms with Crippen LogP contribution in [0.5, 0.6) is 0 Å². The Balaban J connectivity index is 2.23. The largest absolute Gasteiger partial charge is 0.373 e. The summed E-state index contributed by atoms with van der Waals surface area (Å²) >= 11 is 0. The predicted molar refractivity (Wildman–Crippen MR) is 82.1 cm³/mol. The first-order valence-electron chi connectivity index (χ1n) is 6.88. The van der Waals surface area contributed by atoms with Crippen molar-refractivity contribution in [1.82, 2.24) is 4.98 Å². The zero-order valence-electron chi connectivity index (χ0n) is 12.1. The normalized spacial score (nSPS) is 10.2. The van der Waals surface area contributed by atoms with Crippen molar-refractivity contribution in [3.05, 3.63) is 53.5 Å². The zero-order valence-corrected chi connectivity index (χ0v) is 12.1. The molecule has 0 saturated heterocycles. The summed E-state index contributed by atoms with van der Waals surface area (Å²) in [5.74, 6) is -0.0210. The molecular formula is C16H18FN3O. The van der Waals surface area contributed by atoms with Gasteiger partial charge < -0.3 is 10.6 Å². The highest BCUT2D eigenvalue weighted by molar-refractivity contribution is 6.04. The van der Waals surface area contributed by atoms with Crippen LogP contribution in [0.3, 0.4) is 0 Å². The summed E-state index contributed by atoms with van der Waals surface area (Å²) in [6.07, 6.45) is 1.75. The van der Waals surface area contributed by atoms with E-state index in [1.165, 1.54) is 12.1 Å². The van der Waals surface area contributed by atoms with Crippen molar-refractivity contribution in [2.24, 2.45) is 0 Å². The van der Waals surface area contributed by atoms with Gasteiger partial charge in [-0.2, -0.15) is 0 Å². The number of carbonyl (C=O) groups excluding carboxylic acids is 1. The molecule has 110 valence electrons. The van der Waals surface area contributed by atoms with E-state index in [-0.39, 0.29) is 11.7 Å². The van der Waals surface area contributed by atoms with Crippen LogP contribution in [0.25, 0.3) is 0 Å². The molecule has 0 aliphatic heterocycles. The average Bonchev–Trinajstić information content (AvgIpc) is 2.47.